The Morgan fingerprint density at radius 2 is 0.268 bits per heavy atom. The summed E-state index contributed by atoms with van der Waals surface area (Å²) >= 11 is 0. The highest BCUT2D eigenvalue weighted by molar-refractivity contribution is 6.96. The predicted octanol–water partition coefficient (Wildman–Crippen LogP) is 15.6. The molecular weight excluding hydrogens is 1390 g/mol. The summed E-state index contributed by atoms with van der Waals surface area (Å²) in [5, 5.41) is 0. The van der Waals surface area contributed by atoms with Crippen molar-refractivity contribution < 1.29 is 100 Å². The van der Waals surface area contributed by atoms with Crippen LogP contribution in [0.3, 0.4) is 0 Å². The molecule has 4 saturated heterocycles. The van der Waals surface area contributed by atoms with E-state index in [2.05, 4.69) is 196 Å². The van der Waals surface area contributed by atoms with Gasteiger partial charge in [-0.15, -0.1) is 0 Å². The molecule has 4 fully saturated rings. The third-order valence-electron chi connectivity index (χ3n) is 10.5. The minimum absolute atomic E-state index is 0.328. The first kappa shape index (κ1) is 82.8. The Morgan fingerprint density at radius 3 is 0.366 bits per heavy atom. The van der Waals surface area contributed by atoms with E-state index in [4.69, 9.17) is 74.1 Å². The SMILES string of the molecule is C[Si]1(C)O[Si](C)(C)O[Si](C)(C)O[Si](C)(C)O1.C[Si]1(C)O[Si](C)(C)O[Si](C)(C)O[Si](C)(C)O[Si](C)(C)O1.C[Si]1(C)O[Si](C)(C)O[Si](C)(C)O[Si](C)(C)O[Si](C)(C)O[Si](C)(C)O1.C[Si]1(C)O[Si](C)(CCC(F)(F)F)O[Si](C)(CCC(F)(F)F)O1. The van der Waals surface area contributed by atoms with E-state index in [1.165, 1.54) is 13.1 Å². The third-order valence-corrected chi connectivity index (χ3v) is 82.6. The van der Waals surface area contributed by atoms with E-state index in [0.717, 1.165) is 0 Å². The predicted molar refractivity (Wildman–Crippen MR) is 353 cm³/mol. The number of hydrogen-bond donors (Lipinski definition) is 0. The molecule has 4 rings (SSSR count). The molecule has 4 aliphatic rings. The van der Waals surface area contributed by atoms with E-state index in [1.807, 2.05) is 0 Å². The fourth-order valence-electron chi connectivity index (χ4n) is 11.7. The highest BCUT2D eigenvalue weighted by atomic mass is 28.6. The van der Waals surface area contributed by atoms with Gasteiger partial charge in [-0.2, -0.15) is 26.3 Å². The van der Waals surface area contributed by atoms with Gasteiger partial charge in [-0.25, -0.2) is 0 Å². The van der Waals surface area contributed by atoms with Gasteiger partial charge in [0.2, 0.25) is 0 Å². The molecule has 0 saturated carbocycles. The molecule has 0 aromatic heterocycles. The Labute approximate surface area is 510 Å². The lowest BCUT2D eigenvalue weighted by atomic mass is 10.5. The van der Waals surface area contributed by atoms with Gasteiger partial charge in [-0.3, -0.25) is 0 Å². The largest absolute Gasteiger partial charge is 0.416 e. The van der Waals surface area contributed by atoms with Crippen LogP contribution in [0.15, 0.2) is 0 Å². The summed E-state index contributed by atoms with van der Waals surface area (Å²) < 4.78 is 186. The van der Waals surface area contributed by atoms with Crippen LogP contribution in [0.2, 0.25) is 235 Å². The molecule has 82 heavy (non-hydrogen) atoms. The minimum Gasteiger partial charge on any atom is -0.416 e. The summed E-state index contributed by atoms with van der Waals surface area (Å²) in [4.78, 5) is 0. The highest BCUT2D eigenvalue weighted by Crippen LogP contribution is 2.40. The highest BCUT2D eigenvalue weighted by Gasteiger charge is 2.58. The molecule has 0 radical (unpaired) electrons. The average Bonchev–Trinajstić information content (AvgIpc) is 2.99. The van der Waals surface area contributed by atoms with E-state index >= 15 is 0 Å². The van der Waals surface area contributed by atoms with Gasteiger partial charge in [0.1, 0.15) is 0 Å². The molecule has 4 aliphatic heterocycles. The van der Waals surface area contributed by atoms with Crippen molar-refractivity contribution in [3.63, 3.8) is 0 Å². The Balaban J connectivity index is 0.000000552. The lowest BCUT2D eigenvalue weighted by Crippen LogP contribution is -2.66. The zero-order valence-electron chi connectivity index (χ0n) is 56.4. The molecule has 2 unspecified atom stereocenters. The van der Waals surface area contributed by atoms with E-state index in [1.54, 1.807) is 13.1 Å². The molecule has 0 aromatic carbocycles. The van der Waals surface area contributed by atoms with Crippen LogP contribution >= 0.6 is 0 Å². The summed E-state index contributed by atoms with van der Waals surface area (Å²) in [6.07, 6.45) is -10.8. The molecule has 2 atom stereocenters. The first-order valence-corrected chi connectivity index (χ1v) is 78.0. The van der Waals surface area contributed by atoms with Crippen LogP contribution in [-0.4, -0.2) is 166 Å². The second-order valence-electron chi connectivity index (χ2n) is 28.7. The fraction of sp³-hybridized carbons (Fsp3) is 1.00. The van der Waals surface area contributed by atoms with Crippen molar-refractivity contribution in [1.82, 2.24) is 0 Å². The van der Waals surface area contributed by atoms with Crippen LogP contribution in [0.4, 0.5) is 26.3 Å². The number of rotatable bonds is 4. The zero-order chi connectivity index (χ0) is 65.6. The van der Waals surface area contributed by atoms with E-state index in [0.29, 0.717) is 0 Å². The molecule has 18 nitrogen and oxygen atoms in total. The van der Waals surface area contributed by atoms with Gasteiger partial charge in [0.25, 0.3) is 0 Å². The van der Waals surface area contributed by atoms with Crippen LogP contribution < -0.4 is 0 Å². The Hall–Kier alpha value is 2.76. The standard InChI is InChI=1S/C12H36O6Si6.C10H20F6O3Si3.C10H30O5Si5.C8H24O4Si4/c1-19(2)13-20(3,4)15-22(7,8)17-24(11,12)18-23(9,10)16-21(5,6)14-19;1-20(2)17-21(3,7-5-9(11,12)13)19-22(4,18-20)8-6-10(14,15)16;1-16(2)11-17(3,4)13-19(7,8)15-20(9,10)14-18(5,6)12-16;1-13(2)9-14(3,4)11-16(7,8)12-15(5,6)10-13/h1-12H3;5-8H2,1-4H3;1-10H3;1-8H3. The first-order chi connectivity index (χ1) is 35.1. The van der Waals surface area contributed by atoms with Gasteiger partial charge < -0.3 is 74.1 Å². The van der Waals surface area contributed by atoms with Gasteiger partial charge >= 0.3 is 166 Å². The Kier molecular flexibility index (Phi) is 27.6. The molecule has 0 amide bonds. The summed E-state index contributed by atoms with van der Waals surface area (Å²) in [5.41, 5.74) is 0. The summed E-state index contributed by atoms with van der Waals surface area (Å²) in [6.45, 7) is 68.4. The van der Waals surface area contributed by atoms with Gasteiger partial charge in [0.15, 0.2) is 0 Å². The van der Waals surface area contributed by atoms with Crippen LogP contribution in [0, 0.1) is 0 Å². The van der Waals surface area contributed by atoms with Crippen molar-refractivity contribution in [2.75, 3.05) is 0 Å². The second kappa shape index (κ2) is 27.4. The maximum absolute atomic E-state index is 12.4. The van der Waals surface area contributed by atoms with Gasteiger partial charge in [-0.05, 0) is 235 Å². The van der Waals surface area contributed by atoms with Crippen LogP contribution in [0.25, 0.3) is 0 Å². The molecule has 4 heterocycles. The van der Waals surface area contributed by atoms with Gasteiger partial charge in [0.05, 0.1) is 0 Å². The number of hydrogen-bond acceptors (Lipinski definition) is 18. The quantitative estimate of drug-likeness (QED) is 0.192. The van der Waals surface area contributed by atoms with Crippen LogP contribution in [-0.2, 0) is 74.1 Å². The average molecular weight is 1500 g/mol. The molecule has 0 spiro atoms. The molecule has 0 bridgehead atoms. The van der Waals surface area contributed by atoms with Crippen molar-refractivity contribution >= 4 is 154 Å². The summed E-state index contributed by atoms with van der Waals surface area (Å²) in [6, 6.07) is -0.657. The monoisotopic (exact) mass is 1500 g/mol. The minimum atomic E-state index is -4.35. The second-order valence-corrected chi connectivity index (χ2v) is 93.8. The van der Waals surface area contributed by atoms with Crippen molar-refractivity contribution in [1.29, 1.82) is 0 Å². The maximum Gasteiger partial charge on any atom is 0.389 e. The molecule has 0 aromatic rings. The summed E-state index contributed by atoms with van der Waals surface area (Å²) in [7, 11) is -43.2. The Bertz CT molecular complexity index is 1750. The van der Waals surface area contributed by atoms with Crippen LogP contribution in [0.1, 0.15) is 12.8 Å². The number of halogens is 6. The van der Waals surface area contributed by atoms with E-state index < -0.39 is 179 Å². The van der Waals surface area contributed by atoms with E-state index in [-0.39, 0.29) is 12.1 Å². The Morgan fingerprint density at radius 1 is 0.171 bits per heavy atom. The smallest absolute Gasteiger partial charge is 0.389 e. The third kappa shape index (κ3) is 35.5. The van der Waals surface area contributed by atoms with Crippen molar-refractivity contribution in [2.45, 2.75) is 260 Å². The molecule has 0 N–H and O–H groups in total. The molecular formula is C40H110F6O18Si18. The topological polar surface area (TPSA) is 166 Å². The zero-order valence-corrected chi connectivity index (χ0v) is 74.4. The lowest BCUT2D eigenvalue weighted by molar-refractivity contribution is -0.131. The molecule has 0 aliphatic carbocycles. The maximum atomic E-state index is 12.4. The normalized spacial score (nSPS) is 31.9. The molecule has 42 heteroatoms. The van der Waals surface area contributed by atoms with Gasteiger partial charge in [0, 0.05) is 12.8 Å². The fourth-order valence-corrected chi connectivity index (χ4v) is 108. The van der Waals surface area contributed by atoms with Crippen molar-refractivity contribution in [2.24, 2.45) is 0 Å². The first-order valence-electron chi connectivity index (χ1n) is 27.9. The summed E-state index contributed by atoms with van der Waals surface area (Å²) in [5.74, 6) is 0. The van der Waals surface area contributed by atoms with Crippen LogP contribution in [0.5, 0.6) is 0 Å². The van der Waals surface area contributed by atoms with Crippen molar-refractivity contribution in [3.8, 4) is 0 Å². The van der Waals surface area contributed by atoms with Gasteiger partial charge in [-0.1, -0.05) is 0 Å². The van der Waals surface area contributed by atoms with Crippen molar-refractivity contribution in [3.05, 3.63) is 0 Å². The molecule has 492 valence electrons. The lowest BCUT2D eigenvalue weighted by Gasteiger charge is -2.49. The number of alkyl halides is 6. The van der Waals surface area contributed by atoms with E-state index in [9.17, 15) is 26.3 Å².